The fourth-order valence-electron chi connectivity index (χ4n) is 2.62. The number of anilines is 1. The van der Waals surface area contributed by atoms with Gasteiger partial charge in [0, 0.05) is 14.7 Å². The summed E-state index contributed by atoms with van der Waals surface area (Å²) in [6.07, 6.45) is 0. The quantitative estimate of drug-likeness (QED) is 0.290. The number of rotatable bonds is 3. The molecule has 0 saturated carbocycles. The molecule has 0 atom stereocenters. The molecule has 1 amide bonds. The van der Waals surface area contributed by atoms with Gasteiger partial charge in [-0.1, -0.05) is 35.3 Å². The molecule has 0 aliphatic heterocycles. The maximum absolute atomic E-state index is 12.7. The van der Waals surface area contributed by atoms with Crippen LogP contribution in [0.5, 0.6) is 0 Å². The number of fused-ring (bicyclic) bond motifs is 1. The van der Waals surface area contributed by atoms with Crippen molar-refractivity contribution in [1.82, 2.24) is 4.98 Å². The van der Waals surface area contributed by atoms with Crippen molar-refractivity contribution in [3.63, 3.8) is 0 Å². The Bertz CT molecular complexity index is 1140. The third-order valence-electron chi connectivity index (χ3n) is 3.94. The van der Waals surface area contributed by atoms with Crippen molar-refractivity contribution < 1.29 is 4.79 Å². The fourth-order valence-corrected chi connectivity index (χ4v) is 4.41. The lowest BCUT2D eigenvalue weighted by atomic mass is 10.1. The zero-order valence-corrected chi connectivity index (χ0v) is 18.2. The first-order chi connectivity index (χ1) is 13.0. The van der Waals surface area contributed by atoms with Gasteiger partial charge in [0.05, 0.1) is 25.9 Å². The molecule has 134 valence electrons. The standard InChI is InChI=1S/C20H11Cl2IN2OS/c21-14-7-5-11(9-15(14)22)19(26)24-16-8-6-12(23)10-13(16)20-25-17-3-1-2-4-18(17)27-20/h1-10H,(H,24,26). The molecule has 4 aromatic rings. The topological polar surface area (TPSA) is 42.0 Å². The minimum Gasteiger partial charge on any atom is -0.321 e. The van der Waals surface area contributed by atoms with Gasteiger partial charge in [-0.05, 0) is 71.1 Å². The zero-order valence-electron chi connectivity index (χ0n) is 13.7. The van der Waals surface area contributed by atoms with Gasteiger partial charge in [0.25, 0.3) is 5.91 Å². The Kier molecular flexibility index (Phi) is 5.36. The van der Waals surface area contributed by atoms with Crippen LogP contribution in [0, 0.1) is 3.57 Å². The van der Waals surface area contributed by atoms with E-state index >= 15 is 0 Å². The maximum atomic E-state index is 12.7. The molecule has 1 N–H and O–H groups in total. The van der Waals surface area contributed by atoms with Crippen molar-refractivity contribution in [1.29, 1.82) is 0 Å². The van der Waals surface area contributed by atoms with Crippen LogP contribution in [0.4, 0.5) is 5.69 Å². The predicted molar refractivity (Wildman–Crippen MR) is 122 cm³/mol. The number of carbonyl (C=O) groups excluding carboxylic acids is 1. The third kappa shape index (κ3) is 3.96. The zero-order chi connectivity index (χ0) is 19.0. The first-order valence-electron chi connectivity index (χ1n) is 7.93. The molecule has 7 heteroatoms. The summed E-state index contributed by atoms with van der Waals surface area (Å²) >= 11 is 15.8. The molecule has 0 aliphatic carbocycles. The van der Waals surface area contributed by atoms with E-state index in [4.69, 9.17) is 28.2 Å². The molecule has 0 saturated heterocycles. The molecular formula is C20H11Cl2IN2OS. The molecule has 0 fully saturated rings. The first-order valence-corrected chi connectivity index (χ1v) is 10.6. The van der Waals surface area contributed by atoms with Gasteiger partial charge in [-0.25, -0.2) is 4.98 Å². The predicted octanol–water partition coefficient (Wildman–Crippen LogP) is 7.13. The number of nitrogens with zero attached hydrogens (tertiary/aromatic N) is 1. The molecule has 0 aliphatic rings. The monoisotopic (exact) mass is 524 g/mol. The molecule has 27 heavy (non-hydrogen) atoms. The van der Waals surface area contributed by atoms with E-state index in [2.05, 4.69) is 27.9 Å². The number of hydrogen-bond donors (Lipinski definition) is 1. The number of para-hydroxylation sites is 1. The lowest BCUT2D eigenvalue weighted by Gasteiger charge is -2.10. The smallest absolute Gasteiger partial charge is 0.255 e. The summed E-state index contributed by atoms with van der Waals surface area (Å²) in [5.41, 5.74) is 2.97. The van der Waals surface area contributed by atoms with Crippen LogP contribution in [-0.4, -0.2) is 10.9 Å². The van der Waals surface area contributed by atoms with Crippen molar-refractivity contribution in [3.8, 4) is 10.6 Å². The number of thiazole rings is 1. The molecule has 3 aromatic carbocycles. The van der Waals surface area contributed by atoms with E-state index in [1.54, 1.807) is 29.5 Å². The Morgan fingerprint density at radius 3 is 2.59 bits per heavy atom. The van der Waals surface area contributed by atoms with Gasteiger partial charge in [0.2, 0.25) is 0 Å². The summed E-state index contributed by atoms with van der Waals surface area (Å²) in [5.74, 6) is -0.253. The van der Waals surface area contributed by atoms with E-state index < -0.39 is 0 Å². The van der Waals surface area contributed by atoms with Crippen molar-refractivity contribution in [2.24, 2.45) is 0 Å². The van der Waals surface area contributed by atoms with Crippen molar-refractivity contribution >= 4 is 78.9 Å². The van der Waals surface area contributed by atoms with Crippen molar-refractivity contribution in [2.45, 2.75) is 0 Å². The van der Waals surface area contributed by atoms with Crippen LogP contribution in [0.3, 0.4) is 0 Å². The highest BCUT2D eigenvalue weighted by atomic mass is 127. The molecule has 0 radical (unpaired) electrons. The van der Waals surface area contributed by atoms with Gasteiger partial charge in [0.15, 0.2) is 0 Å². The molecule has 0 bridgehead atoms. The second-order valence-corrected chi connectivity index (χ2v) is 8.85. The van der Waals surface area contributed by atoms with Crippen LogP contribution in [-0.2, 0) is 0 Å². The minimum atomic E-state index is -0.253. The van der Waals surface area contributed by atoms with Gasteiger partial charge >= 0.3 is 0 Å². The summed E-state index contributed by atoms with van der Waals surface area (Å²) in [6.45, 7) is 0. The number of carbonyl (C=O) groups is 1. The second-order valence-electron chi connectivity index (χ2n) is 5.76. The minimum absolute atomic E-state index is 0.253. The molecule has 1 aromatic heterocycles. The SMILES string of the molecule is O=C(Nc1ccc(I)cc1-c1nc2ccccc2s1)c1ccc(Cl)c(Cl)c1. The fraction of sp³-hybridized carbons (Fsp3) is 0. The van der Waals surface area contributed by atoms with E-state index in [-0.39, 0.29) is 5.91 Å². The Hall–Kier alpha value is -1.67. The highest BCUT2D eigenvalue weighted by Gasteiger charge is 2.15. The average molecular weight is 525 g/mol. The maximum Gasteiger partial charge on any atom is 0.255 e. The second kappa shape index (κ2) is 7.75. The summed E-state index contributed by atoms with van der Waals surface area (Å²) in [7, 11) is 0. The third-order valence-corrected chi connectivity index (χ3v) is 6.42. The van der Waals surface area contributed by atoms with Crippen molar-refractivity contribution in [3.05, 3.63) is 79.8 Å². The lowest BCUT2D eigenvalue weighted by molar-refractivity contribution is 0.102. The number of benzene rings is 3. The van der Waals surface area contributed by atoms with Gasteiger partial charge in [0.1, 0.15) is 5.01 Å². The van der Waals surface area contributed by atoms with Crippen LogP contribution in [0.25, 0.3) is 20.8 Å². The van der Waals surface area contributed by atoms with Crippen LogP contribution in [0.15, 0.2) is 60.7 Å². The number of amides is 1. The van der Waals surface area contributed by atoms with Gasteiger partial charge in [-0.2, -0.15) is 0 Å². The van der Waals surface area contributed by atoms with Gasteiger partial charge < -0.3 is 5.32 Å². The molecule has 3 nitrogen and oxygen atoms in total. The van der Waals surface area contributed by atoms with Crippen LogP contribution < -0.4 is 5.32 Å². The highest BCUT2D eigenvalue weighted by Crippen LogP contribution is 2.36. The number of halogens is 3. The molecule has 0 unspecified atom stereocenters. The largest absolute Gasteiger partial charge is 0.321 e. The summed E-state index contributed by atoms with van der Waals surface area (Å²) < 4.78 is 2.17. The molecule has 1 heterocycles. The number of hydrogen-bond acceptors (Lipinski definition) is 3. The van der Waals surface area contributed by atoms with Crippen LogP contribution in [0.2, 0.25) is 10.0 Å². The average Bonchev–Trinajstić information content (AvgIpc) is 3.09. The lowest BCUT2D eigenvalue weighted by Crippen LogP contribution is -2.12. The molecular weight excluding hydrogens is 514 g/mol. The van der Waals surface area contributed by atoms with Crippen LogP contribution in [0.1, 0.15) is 10.4 Å². The van der Waals surface area contributed by atoms with Crippen LogP contribution >= 0.6 is 57.1 Å². The van der Waals surface area contributed by atoms with Crippen molar-refractivity contribution in [2.75, 3.05) is 5.32 Å². The van der Waals surface area contributed by atoms with Gasteiger partial charge in [-0.15, -0.1) is 11.3 Å². The summed E-state index contributed by atoms with van der Waals surface area (Å²) in [6, 6.07) is 18.6. The van der Waals surface area contributed by atoms with E-state index in [9.17, 15) is 4.79 Å². The van der Waals surface area contributed by atoms with E-state index in [0.717, 1.165) is 24.4 Å². The molecule has 0 spiro atoms. The normalized spacial score (nSPS) is 10.9. The van der Waals surface area contributed by atoms with E-state index in [1.165, 1.54) is 0 Å². The Morgan fingerprint density at radius 2 is 1.81 bits per heavy atom. The Balaban J connectivity index is 1.73. The summed E-state index contributed by atoms with van der Waals surface area (Å²) in [4.78, 5) is 17.4. The van der Waals surface area contributed by atoms with Gasteiger partial charge in [-0.3, -0.25) is 4.79 Å². The Labute approximate surface area is 183 Å². The van der Waals surface area contributed by atoms with E-state index in [1.807, 2.05) is 42.5 Å². The number of nitrogens with one attached hydrogen (secondary N) is 1. The highest BCUT2D eigenvalue weighted by molar-refractivity contribution is 14.1. The summed E-state index contributed by atoms with van der Waals surface area (Å²) in [5, 5.41) is 4.59. The number of aromatic nitrogens is 1. The Morgan fingerprint density at radius 1 is 1.00 bits per heavy atom. The molecule has 4 rings (SSSR count). The van der Waals surface area contributed by atoms with E-state index in [0.29, 0.717) is 21.3 Å². The first kappa shape index (κ1) is 18.7.